The van der Waals surface area contributed by atoms with Gasteiger partial charge in [-0.05, 0) is 43.7 Å². The highest BCUT2D eigenvalue weighted by atomic mass is 32.1. The molecule has 0 aliphatic carbocycles. The largest absolute Gasteiger partial charge is 0.478 e. The van der Waals surface area contributed by atoms with Crippen LogP contribution in [0.3, 0.4) is 0 Å². The summed E-state index contributed by atoms with van der Waals surface area (Å²) in [5, 5.41) is 18.3. The number of aliphatic carboxylic acids is 1. The third-order valence-electron chi connectivity index (χ3n) is 3.57. The van der Waals surface area contributed by atoms with Crippen LogP contribution in [0.1, 0.15) is 19.4 Å². The van der Waals surface area contributed by atoms with Crippen LogP contribution in [0.15, 0.2) is 36.4 Å². The number of nitriles is 1. The lowest BCUT2D eigenvalue weighted by Crippen LogP contribution is -2.38. The molecule has 0 radical (unpaired) electrons. The number of fused-ring (bicyclic) bond motifs is 1. The lowest BCUT2D eigenvalue weighted by molar-refractivity contribution is -0.152. The fourth-order valence-electron chi connectivity index (χ4n) is 2.23. The van der Waals surface area contributed by atoms with Crippen LogP contribution in [0.2, 0.25) is 0 Å². The third kappa shape index (κ3) is 2.79. The van der Waals surface area contributed by atoms with E-state index in [4.69, 9.17) is 10.00 Å². The number of benzene rings is 2. The first kappa shape index (κ1) is 15.9. The number of hydrogen-bond donors (Lipinski definition) is 1. The van der Waals surface area contributed by atoms with Crippen molar-refractivity contribution in [3.05, 3.63) is 42.0 Å². The van der Waals surface area contributed by atoms with Gasteiger partial charge in [0.25, 0.3) is 0 Å². The predicted molar refractivity (Wildman–Crippen MR) is 89.9 cm³/mol. The highest BCUT2D eigenvalue weighted by Crippen LogP contribution is 2.38. The van der Waals surface area contributed by atoms with Gasteiger partial charge in [-0.3, -0.25) is 0 Å². The quantitative estimate of drug-likeness (QED) is 0.782. The van der Waals surface area contributed by atoms with E-state index < -0.39 is 11.6 Å². The number of carbonyl (C=O) groups is 1. The summed E-state index contributed by atoms with van der Waals surface area (Å²) >= 11 is 1.08. The van der Waals surface area contributed by atoms with E-state index >= 15 is 0 Å². The summed E-state index contributed by atoms with van der Waals surface area (Å²) in [6.45, 7) is 2.97. The minimum Gasteiger partial charge on any atom is -0.478 e. The summed E-state index contributed by atoms with van der Waals surface area (Å²) in [6.07, 6.45) is 0. The molecule has 24 heavy (non-hydrogen) atoms. The molecule has 0 aliphatic rings. The smallest absolute Gasteiger partial charge is 0.347 e. The molecule has 0 amide bonds. The average molecular weight is 339 g/mol. The van der Waals surface area contributed by atoms with Gasteiger partial charge in [0, 0.05) is 0 Å². The highest BCUT2D eigenvalue weighted by molar-refractivity contribution is 7.00. The van der Waals surface area contributed by atoms with Gasteiger partial charge in [-0.2, -0.15) is 14.0 Å². The van der Waals surface area contributed by atoms with Crippen molar-refractivity contribution in [3.8, 4) is 22.9 Å². The van der Waals surface area contributed by atoms with Crippen LogP contribution in [0.25, 0.3) is 22.2 Å². The number of carboxylic acid groups (broad SMARTS) is 1. The minimum absolute atomic E-state index is 0.410. The van der Waals surface area contributed by atoms with E-state index in [1.807, 2.05) is 0 Å². The first-order chi connectivity index (χ1) is 11.4. The standard InChI is InChI=1S/C17H13N3O3S/c1-17(2,16(21)22)23-13-8-7-12-15(20-24-19-12)14(13)11-5-3-10(9-18)4-6-11/h3-8H,1-2H3,(H,21,22). The number of ether oxygens (including phenoxy) is 1. The molecule has 2 aromatic carbocycles. The van der Waals surface area contributed by atoms with Crippen molar-refractivity contribution < 1.29 is 14.6 Å². The summed E-state index contributed by atoms with van der Waals surface area (Å²) in [5.74, 6) is -0.655. The maximum atomic E-state index is 11.4. The Bertz CT molecular complexity index is 955. The second-order valence-electron chi connectivity index (χ2n) is 5.68. The molecule has 0 fully saturated rings. The van der Waals surface area contributed by atoms with Crippen LogP contribution in [0, 0.1) is 11.3 Å². The van der Waals surface area contributed by atoms with Crippen LogP contribution in [-0.4, -0.2) is 25.4 Å². The Morgan fingerprint density at radius 1 is 1.21 bits per heavy atom. The third-order valence-corrected chi connectivity index (χ3v) is 4.12. The molecule has 0 aliphatic heterocycles. The first-order valence-electron chi connectivity index (χ1n) is 7.10. The van der Waals surface area contributed by atoms with Gasteiger partial charge in [-0.15, -0.1) is 0 Å². The lowest BCUT2D eigenvalue weighted by Gasteiger charge is -2.23. The fraction of sp³-hybridized carbons (Fsp3) is 0.176. The van der Waals surface area contributed by atoms with Gasteiger partial charge in [0.15, 0.2) is 5.60 Å². The zero-order chi connectivity index (χ0) is 17.3. The normalized spacial score (nSPS) is 11.2. The van der Waals surface area contributed by atoms with Crippen molar-refractivity contribution in [2.75, 3.05) is 0 Å². The van der Waals surface area contributed by atoms with E-state index in [-0.39, 0.29) is 0 Å². The lowest BCUT2D eigenvalue weighted by atomic mass is 10.0. The molecule has 7 heteroatoms. The Kier molecular flexibility index (Phi) is 3.91. The summed E-state index contributed by atoms with van der Waals surface area (Å²) in [7, 11) is 0. The molecule has 0 spiro atoms. The van der Waals surface area contributed by atoms with Crippen LogP contribution < -0.4 is 4.74 Å². The van der Waals surface area contributed by atoms with Crippen molar-refractivity contribution in [3.63, 3.8) is 0 Å². The van der Waals surface area contributed by atoms with Gasteiger partial charge in [-0.25, -0.2) is 4.79 Å². The maximum absolute atomic E-state index is 11.4. The van der Waals surface area contributed by atoms with Crippen LogP contribution in [0.5, 0.6) is 5.75 Å². The molecule has 0 atom stereocenters. The van der Waals surface area contributed by atoms with Crippen LogP contribution in [-0.2, 0) is 4.79 Å². The summed E-state index contributed by atoms with van der Waals surface area (Å²) < 4.78 is 14.3. The summed E-state index contributed by atoms with van der Waals surface area (Å²) in [6, 6.07) is 12.5. The van der Waals surface area contributed by atoms with Crippen LogP contribution in [0.4, 0.5) is 0 Å². The molecular formula is C17H13N3O3S. The van der Waals surface area contributed by atoms with E-state index in [9.17, 15) is 9.90 Å². The SMILES string of the molecule is CC(C)(Oc1ccc2nsnc2c1-c1ccc(C#N)cc1)C(=O)O. The molecule has 0 saturated carbocycles. The number of hydrogen-bond acceptors (Lipinski definition) is 6. The topological polar surface area (TPSA) is 96.1 Å². The van der Waals surface area contributed by atoms with E-state index in [0.717, 1.165) is 17.3 Å². The molecule has 0 unspecified atom stereocenters. The Morgan fingerprint density at radius 2 is 1.92 bits per heavy atom. The zero-order valence-electron chi connectivity index (χ0n) is 13.0. The Balaban J connectivity index is 2.19. The molecule has 1 aromatic heterocycles. The molecular weight excluding hydrogens is 326 g/mol. The van der Waals surface area contributed by atoms with Crippen molar-refractivity contribution in [2.45, 2.75) is 19.4 Å². The molecule has 120 valence electrons. The van der Waals surface area contributed by atoms with E-state index in [1.54, 1.807) is 36.4 Å². The summed E-state index contributed by atoms with van der Waals surface area (Å²) in [5.41, 5.74) is 1.95. The van der Waals surface area contributed by atoms with Gasteiger partial charge in [-0.1, -0.05) is 12.1 Å². The van der Waals surface area contributed by atoms with Crippen molar-refractivity contribution >= 4 is 28.7 Å². The average Bonchev–Trinajstić information content (AvgIpc) is 3.03. The van der Waals surface area contributed by atoms with Crippen molar-refractivity contribution in [1.82, 2.24) is 8.75 Å². The molecule has 0 bridgehead atoms. The van der Waals surface area contributed by atoms with E-state index in [0.29, 0.717) is 27.9 Å². The number of aromatic nitrogens is 2. The van der Waals surface area contributed by atoms with Crippen molar-refractivity contribution in [2.24, 2.45) is 0 Å². The highest BCUT2D eigenvalue weighted by Gasteiger charge is 2.31. The van der Waals surface area contributed by atoms with E-state index in [2.05, 4.69) is 14.8 Å². The Morgan fingerprint density at radius 3 is 2.54 bits per heavy atom. The monoisotopic (exact) mass is 339 g/mol. The van der Waals surface area contributed by atoms with Crippen LogP contribution >= 0.6 is 11.7 Å². The molecule has 3 rings (SSSR count). The van der Waals surface area contributed by atoms with Gasteiger partial charge >= 0.3 is 5.97 Å². The van der Waals surface area contributed by atoms with Gasteiger partial charge in [0.1, 0.15) is 16.8 Å². The van der Waals surface area contributed by atoms with E-state index in [1.165, 1.54) is 13.8 Å². The predicted octanol–water partition coefficient (Wildman–Crippen LogP) is 3.47. The van der Waals surface area contributed by atoms with Gasteiger partial charge in [0.2, 0.25) is 0 Å². The molecule has 1 N–H and O–H groups in total. The minimum atomic E-state index is -1.39. The molecule has 0 saturated heterocycles. The van der Waals surface area contributed by atoms with Gasteiger partial charge < -0.3 is 9.84 Å². The molecule has 1 heterocycles. The first-order valence-corrected chi connectivity index (χ1v) is 7.83. The zero-order valence-corrected chi connectivity index (χ0v) is 13.8. The Hall–Kier alpha value is -2.98. The summed E-state index contributed by atoms with van der Waals surface area (Å²) in [4.78, 5) is 11.4. The second-order valence-corrected chi connectivity index (χ2v) is 6.21. The molecule has 6 nitrogen and oxygen atoms in total. The van der Waals surface area contributed by atoms with Gasteiger partial charge in [0.05, 0.1) is 28.9 Å². The second kappa shape index (κ2) is 5.91. The van der Waals surface area contributed by atoms with Crippen molar-refractivity contribution in [1.29, 1.82) is 5.26 Å². The number of nitrogens with zero attached hydrogens (tertiary/aromatic N) is 3. The number of rotatable bonds is 4. The number of carboxylic acids is 1. The molecule has 3 aromatic rings. The Labute approximate surface area is 142 Å². The fourth-order valence-corrected chi connectivity index (χ4v) is 2.77. The maximum Gasteiger partial charge on any atom is 0.347 e.